The molecule has 1 unspecified atom stereocenters. The second-order valence-electron chi connectivity index (χ2n) is 2.39. The second-order valence-corrected chi connectivity index (χ2v) is 2.39. The average Bonchev–Trinajstić information content (AvgIpc) is 2.50. The first-order valence-electron chi connectivity index (χ1n) is 3.35. The number of hydrogen-bond donors (Lipinski definition) is 4. The summed E-state index contributed by atoms with van der Waals surface area (Å²) in [7, 11) is 0. The second kappa shape index (κ2) is 3.28. The highest BCUT2D eigenvalue weighted by atomic mass is 16.4. The van der Waals surface area contributed by atoms with Gasteiger partial charge in [-0.05, 0) is 6.07 Å². The number of aliphatic hydroxyl groups excluding tert-OH is 1. The highest BCUT2D eigenvalue weighted by Crippen LogP contribution is 2.12. The van der Waals surface area contributed by atoms with E-state index in [2.05, 4.69) is 4.98 Å². The van der Waals surface area contributed by atoms with E-state index in [1.54, 1.807) is 0 Å². The molecular formula is C7H7NO5. The van der Waals surface area contributed by atoms with Gasteiger partial charge >= 0.3 is 11.9 Å². The van der Waals surface area contributed by atoms with Crippen LogP contribution in [0.4, 0.5) is 0 Å². The van der Waals surface area contributed by atoms with Crippen molar-refractivity contribution in [3.05, 3.63) is 23.5 Å². The van der Waals surface area contributed by atoms with Crippen molar-refractivity contribution in [1.82, 2.24) is 4.98 Å². The summed E-state index contributed by atoms with van der Waals surface area (Å²) in [4.78, 5) is 23.0. The number of aliphatic carboxylic acids is 1. The highest BCUT2D eigenvalue weighted by molar-refractivity contribution is 5.88. The van der Waals surface area contributed by atoms with Crippen molar-refractivity contribution in [1.29, 1.82) is 0 Å². The van der Waals surface area contributed by atoms with Crippen molar-refractivity contribution in [3.63, 3.8) is 0 Å². The molecule has 0 bridgehead atoms. The molecule has 1 aromatic rings. The number of carboxylic acid groups (broad SMARTS) is 2. The lowest BCUT2D eigenvalue weighted by atomic mass is 10.2. The Morgan fingerprint density at radius 1 is 1.38 bits per heavy atom. The molecule has 6 heteroatoms. The summed E-state index contributed by atoms with van der Waals surface area (Å²) >= 11 is 0. The van der Waals surface area contributed by atoms with Crippen LogP contribution in [-0.4, -0.2) is 32.2 Å². The Hall–Kier alpha value is -1.82. The van der Waals surface area contributed by atoms with E-state index in [0.29, 0.717) is 0 Å². The van der Waals surface area contributed by atoms with Crippen LogP contribution in [0, 0.1) is 0 Å². The van der Waals surface area contributed by atoms with E-state index in [4.69, 9.17) is 15.3 Å². The van der Waals surface area contributed by atoms with E-state index in [1.165, 1.54) is 0 Å². The van der Waals surface area contributed by atoms with E-state index in [1.807, 2.05) is 0 Å². The molecule has 1 rings (SSSR count). The van der Waals surface area contributed by atoms with Crippen LogP contribution < -0.4 is 0 Å². The number of aromatic carboxylic acids is 1. The number of aliphatic hydroxyl groups is 1. The van der Waals surface area contributed by atoms with E-state index in [0.717, 1.165) is 12.3 Å². The predicted molar refractivity (Wildman–Crippen MR) is 40.3 cm³/mol. The van der Waals surface area contributed by atoms with Crippen molar-refractivity contribution in [3.8, 4) is 0 Å². The summed E-state index contributed by atoms with van der Waals surface area (Å²) in [6.07, 6.45) is -0.600. The Bertz CT molecular complexity index is 342. The van der Waals surface area contributed by atoms with E-state index in [-0.39, 0.29) is 11.3 Å². The number of nitrogens with one attached hydrogen (secondary N) is 1. The maximum absolute atomic E-state index is 10.4. The number of aromatic nitrogens is 1. The van der Waals surface area contributed by atoms with Gasteiger partial charge in [-0.15, -0.1) is 0 Å². The van der Waals surface area contributed by atoms with Crippen LogP contribution in [0.1, 0.15) is 22.2 Å². The molecule has 0 radical (unpaired) electrons. The summed E-state index contributed by atoms with van der Waals surface area (Å²) in [6, 6.07) is 1.07. The molecule has 0 fully saturated rings. The summed E-state index contributed by atoms with van der Waals surface area (Å²) in [5.41, 5.74) is -0.139. The fourth-order valence-corrected chi connectivity index (χ4v) is 0.826. The van der Waals surface area contributed by atoms with Gasteiger partial charge in [-0.1, -0.05) is 0 Å². The predicted octanol–water partition coefficient (Wildman–Crippen LogP) is -0.169. The molecule has 0 saturated carbocycles. The number of H-pyrrole nitrogens is 1. The summed E-state index contributed by atoms with van der Waals surface area (Å²) in [5, 5.41) is 25.8. The Morgan fingerprint density at radius 3 is 2.38 bits per heavy atom. The Balaban J connectivity index is 2.91. The fraction of sp³-hybridized carbons (Fsp3) is 0.143. The first kappa shape index (κ1) is 9.27. The van der Waals surface area contributed by atoms with Crippen LogP contribution in [0.5, 0.6) is 0 Å². The van der Waals surface area contributed by atoms with Crippen LogP contribution in [-0.2, 0) is 4.79 Å². The lowest BCUT2D eigenvalue weighted by Crippen LogP contribution is -2.10. The molecular weight excluding hydrogens is 178 g/mol. The monoisotopic (exact) mass is 185 g/mol. The van der Waals surface area contributed by atoms with Gasteiger partial charge in [-0.3, -0.25) is 0 Å². The average molecular weight is 185 g/mol. The molecule has 6 nitrogen and oxygen atoms in total. The normalized spacial score (nSPS) is 12.4. The first-order valence-corrected chi connectivity index (χ1v) is 3.35. The van der Waals surface area contributed by atoms with Gasteiger partial charge in [0.15, 0.2) is 6.10 Å². The number of carboxylic acids is 2. The van der Waals surface area contributed by atoms with Crippen LogP contribution in [0.2, 0.25) is 0 Å². The van der Waals surface area contributed by atoms with Crippen molar-refractivity contribution in [2.45, 2.75) is 6.10 Å². The molecule has 4 N–H and O–H groups in total. The molecule has 1 aromatic heterocycles. The van der Waals surface area contributed by atoms with E-state index < -0.39 is 18.0 Å². The van der Waals surface area contributed by atoms with Gasteiger partial charge in [0, 0.05) is 6.20 Å². The zero-order chi connectivity index (χ0) is 10.0. The van der Waals surface area contributed by atoms with E-state index >= 15 is 0 Å². The van der Waals surface area contributed by atoms with Crippen LogP contribution >= 0.6 is 0 Å². The maximum Gasteiger partial charge on any atom is 0.338 e. The molecule has 1 atom stereocenters. The van der Waals surface area contributed by atoms with Gasteiger partial charge in [0.2, 0.25) is 0 Å². The maximum atomic E-state index is 10.4. The smallest absolute Gasteiger partial charge is 0.338 e. The molecule has 0 saturated heterocycles. The Kier molecular flexibility index (Phi) is 2.34. The lowest BCUT2D eigenvalue weighted by Gasteiger charge is -2.00. The van der Waals surface area contributed by atoms with Crippen molar-refractivity contribution >= 4 is 11.9 Å². The number of hydrogen-bond acceptors (Lipinski definition) is 3. The van der Waals surface area contributed by atoms with Gasteiger partial charge in [0.1, 0.15) is 0 Å². The van der Waals surface area contributed by atoms with Gasteiger partial charge < -0.3 is 20.3 Å². The number of carbonyl (C=O) groups is 2. The zero-order valence-corrected chi connectivity index (χ0v) is 6.39. The van der Waals surface area contributed by atoms with Crippen LogP contribution in [0.25, 0.3) is 0 Å². The molecule has 0 amide bonds. The minimum atomic E-state index is -1.71. The topological polar surface area (TPSA) is 111 Å². The van der Waals surface area contributed by atoms with E-state index in [9.17, 15) is 9.59 Å². The first-order chi connectivity index (χ1) is 6.02. The van der Waals surface area contributed by atoms with Gasteiger partial charge in [0.25, 0.3) is 0 Å². The van der Waals surface area contributed by atoms with Crippen LogP contribution in [0.3, 0.4) is 0 Å². The molecule has 1 heterocycles. The molecule has 0 aliphatic heterocycles. The lowest BCUT2D eigenvalue weighted by molar-refractivity contribution is -0.147. The minimum Gasteiger partial charge on any atom is -0.479 e. The fourth-order valence-electron chi connectivity index (χ4n) is 0.826. The SMILES string of the molecule is O=C(O)c1c[nH]c(C(O)C(=O)O)c1. The minimum absolute atomic E-state index is 0.0510. The zero-order valence-electron chi connectivity index (χ0n) is 6.39. The third-order valence-corrected chi connectivity index (χ3v) is 1.48. The molecule has 0 aromatic carbocycles. The number of aromatic amines is 1. The molecule has 70 valence electrons. The molecule has 0 aliphatic rings. The van der Waals surface area contributed by atoms with Crippen molar-refractivity contribution in [2.24, 2.45) is 0 Å². The standard InChI is InChI=1S/C7H7NO5/c9-5(7(12)13)4-1-3(2-8-4)6(10)11/h1-2,5,8-9H,(H,10,11)(H,12,13). The van der Waals surface area contributed by atoms with Crippen LogP contribution in [0.15, 0.2) is 12.3 Å². The Morgan fingerprint density at radius 2 is 2.00 bits per heavy atom. The third kappa shape index (κ3) is 1.85. The van der Waals surface area contributed by atoms with Gasteiger partial charge in [-0.25, -0.2) is 9.59 Å². The summed E-state index contributed by atoms with van der Waals surface area (Å²) in [6.45, 7) is 0. The summed E-state index contributed by atoms with van der Waals surface area (Å²) in [5.74, 6) is -2.61. The summed E-state index contributed by atoms with van der Waals surface area (Å²) < 4.78 is 0. The number of rotatable bonds is 3. The quantitative estimate of drug-likeness (QED) is 0.522. The highest BCUT2D eigenvalue weighted by Gasteiger charge is 2.18. The van der Waals surface area contributed by atoms with Gasteiger partial charge in [0.05, 0.1) is 11.3 Å². The largest absolute Gasteiger partial charge is 0.479 e. The van der Waals surface area contributed by atoms with Crippen molar-refractivity contribution < 1.29 is 24.9 Å². The molecule has 0 spiro atoms. The van der Waals surface area contributed by atoms with Crippen molar-refractivity contribution in [2.75, 3.05) is 0 Å². The Labute approximate surface area is 72.4 Å². The molecule has 13 heavy (non-hydrogen) atoms. The third-order valence-electron chi connectivity index (χ3n) is 1.48. The van der Waals surface area contributed by atoms with Gasteiger partial charge in [-0.2, -0.15) is 0 Å². The molecule has 0 aliphatic carbocycles.